The maximum absolute atomic E-state index is 12.1. The van der Waals surface area contributed by atoms with Crippen molar-refractivity contribution >= 4 is 21.7 Å². The summed E-state index contributed by atoms with van der Waals surface area (Å²) >= 11 is 0. The molecule has 28 heavy (non-hydrogen) atoms. The van der Waals surface area contributed by atoms with Crippen LogP contribution in [0.25, 0.3) is 0 Å². The van der Waals surface area contributed by atoms with Crippen molar-refractivity contribution in [3.8, 4) is 0 Å². The van der Waals surface area contributed by atoms with E-state index >= 15 is 0 Å². The highest BCUT2D eigenvalue weighted by atomic mass is 32.2. The number of hydrogen-bond donors (Lipinski definition) is 3. The van der Waals surface area contributed by atoms with Gasteiger partial charge < -0.3 is 15.5 Å². The van der Waals surface area contributed by atoms with Crippen LogP contribution in [0.1, 0.15) is 32.1 Å². The molecule has 1 aromatic rings. The Kier molecular flexibility index (Phi) is 7.56. The minimum atomic E-state index is -3.23. The van der Waals surface area contributed by atoms with E-state index in [1.54, 1.807) is 7.05 Å². The summed E-state index contributed by atoms with van der Waals surface area (Å²) in [6.45, 7) is 2.92. The van der Waals surface area contributed by atoms with E-state index in [2.05, 4.69) is 49.5 Å². The Labute approximate surface area is 169 Å². The molecule has 3 N–H and O–H groups in total. The van der Waals surface area contributed by atoms with E-state index in [0.29, 0.717) is 31.0 Å². The van der Waals surface area contributed by atoms with E-state index in [4.69, 9.17) is 0 Å². The van der Waals surface area contributed by atoms with Crippen LogP contribution in [0.2, 0.25) is 0 Å². The number of hydrogen-bond acceptors (Lipinski definition) is 4. The average molecular weight is 408 g/mol. The van der Waals surface area contributed by atoms with Gasteiger partial charge in [-0.25, -0.2) is 13.1 Å². The van der Waals surface area contributed by atoms with Crippen molar-refractivity contribution in [3.63, 3.8) is 0 Å². The van der Waals surface area contributed by atoms with Crippen molar-refractivity contribution in [2.75, 3.05) is 43.9 Å². The minimum Gasteiger partial charge on any atom is -0.371 e. The number of sulfonamides is 1. The first-order chi connectivity index (χ1) is 13.6. The standard InChI is InChI=1S/C20H33N5O2S/c1-21-20(22-12-15-28(26,27)23-16-17-6-5-7-17)24-18-10-13-25(14-11-18)19-8-3-2-4-9-19/h2-4,8-9,17-18,23H,5-7,10-16H2,1H3,(H2,21,22,24). The number of nitrogens with zero attached hydrogens (tertiary/aromatic N) is 2. The van der Waals surface area contributed by atoms with Gasteiger partial charge in [0.2, 0.25) is 10.0 Å². The minimum absolute atomic E-state index is 0.0624. The predicted molar refractivity (Wildman–Crippen MR) is 115 cm³/mol. The fraction of sp³-hybridized carbons (Fsp3) is 0.650. The highest BCUT2D eigenvalue weighted by Crippen LogP contribution is 2.25. The highest BCUT2D eigenvalue weighted by molar-refractivity contribution is 7.89. The summed E-state index contributed by atoms with van der Waals surface area (Å²) < 4.78 is 26.9. The van der Waals surface area contributed by atoms with Crippen LogP contribution in [0, 0.1) is 5.92 Å². The molecule has 1 saturated heterocycles. The summed E-state index contributed by atoms with van der Waals surface area (Å²) in [5, 5.41) is 6.57. The fourth-order valence-electron chi connectivity index (χ4n) is 3.63. The summed E-state index contributed by atoms with van der Waals surface area (Å²) in [6, 6.07) is 10.8. The topological polar surface area (TPSA) is 85.8 Å². The van der Waals surface area contributed by atoms with Gasteiger partial charge >= 0.3 is 0 Å². The zero-order chi connectivity index (χ0) is 19.8. The monoisotopic (exact) mass is 407 g/mol. The Balaban J connectivity index is 1.35. The maximum Gasteiger partial charge on any atom is 0.213 e. The van der Waals surface area contributed by atoms with Crippen LogP contribution >= 0.6 is 0 Å². The summed E-state index contributed by atoms with van der Waals surface area (Å²) in [6.07, 6.45) is 5.55. The fourth-order valence-corrected chi connectivity index (χ4v) is 4.63. The largest absolute Gasteiger partial charge is 0.371 e. The molecule has 0 aromatic heterocycles. The zero-order valence-electron chi connectivity index (χ0n) is 16.7. The molecule has 1 aromatic carbocycles. The maximum atomic E-state index is 12.1. The number of anilines is 1. The van der Waals surface area contributed by atoms with Crippen LogP contribution in [-0.2, 0) is 10.0 Å². The Morgan fingerprint density at radius 3 is 2.46 bits per heavy atom. The predicted octanol–water partition coefficient (Wildman–Crippen LogP) is 1.54. The van der Waals surface area contributed by atoms with Crippen LogP contribution in [0.5, 0.6) is 0 Å². The van der Waals surface area contributed by atoms with Gasteiger partial charge in [0, 0.05) is 45.0 Å². The highest BCUT2D eigenvalue weighted by Gasteiger charge is 2.21. The van der Waals surface area contributed by atoms with E-state index in [0.717, 1.165) is 38.8 Å². The number of nitrogens with one attached hydrogen (secondary N) is 3. The molecule has 7 nitrogen and oxygen atoms in total. The van der Waals surface area contributed by atoms with Gasteiger partial charge in [-0.05, 0) is 43.7 Å². The molecule has 1 heterocycles. The molecule has 2 fully saturated rings. The van der Waals surface area contributed by atoms with Crippen molar-refractivity contribution in [1.29, 1.82) is 0 Å². The second kappa shape index (κ2) is 10.1. The molecule has 1 saturated carbocycles. The summed E-state index contributed by atoms with van der Waals surface area (Å²) in [7, 11) is -1.51. The molecule has 0 spiro atoms. The van der Waals surface area contributed by atoms with Gasteiger partial charge in [0.05, 0.1) is 5.75 Å². The molecule has 0 radical (unpaired) electrons. The molecule has 1 aliphatic heterocycles. The van der Waals surface area contributed by atoms with Gasteiger partial charge in [-0.15, -0.1) is 0 Å². The summed E-state index contributed by atoms with van der Waals surface area (Å²) in [4.78, 5) is 6.64. The number of guanidine groups is 1. The van der Waals surface area contributed by atoms with Gasteiger partial charge in [0.25, 0.3) is 0 Å². The molecule has 0 amide bonds. The summed E-state index contributed by atoms with van der Waals surface area (Å²) in [5.74, 6) is 1.26. The van der Waals surface area contributed by atoms with E-state index in [9.17, 15) is 8.42 Å². The van der Waals surface area contributed by atoms with Crippen LogP contribution in [0.4, 0.5) is 5.69 Å². The Bertz CT molecular complexity index is 726. The smallest absolute Gasteiger partial charge is 0.213 e. The Morgan fingerprint density at radius 1 is 1.14 bits per heavy atom. The third-order valence-electron chi connectivity index (χ3n) is 5.66. The lowest BCUT2D eigenvalue weighted by atomic mass is 9.86. The SMILES string of the molecule is CN=C(NCCS(=O)(=O)NCC1CCC1)NC1CCN(c2ccccc2)CC1. The lowest BCUT2D eigenvalue weighted by Gasteiger charge is -2.34. The van der Waals surface area contributed by atoms with Crippen molar-refractivity contribution in [3.05, 3.63) is 30.3 Å². The van der Waals surface area contributed by atoms with E-state index in [1.807, 2.05) is 6.07 Å². The number of aliphatic imine (C=N–C) groups is 1. The number of para-hydroxylation sites is 1. The van der Waals surface area contributed by atoms with Crippen molar-refractivity contribution in [2.24, 2.45) is 10.9 Å². The third kappa shape index (κ3) is 6.38. The zero-order valence-corrected chi connectivity index (χ0v) is 17.5. The average Bonchev–Trinajstić information content (AvgIpc) is 2.67. The van der Waals surface area contributed by atoms with E-state index in [-0.39, 0.29) is 5.75 Å². The molecule has 0 unspecified atom stereocenters. The Hall–Kier alpha value is -1.80. The van der Waals surface area contributed by atoms with E-state index in [1.165, 1.54) is 12.1 Å². The van der Waals surface area contributed by atoms with Crippen LogP contribution in [0.15, 0.2) is 35.3 Å². The first-order valence-corrected chi connectivity index (χ1v) is 12.0. The Morgan fingerprint density at radius 2 is 1.86 bits per heavy atom. The molecule has 3 rings (SSSR count). The summed E-state index contributed by atoms with van der Waals surface area (Å²) in [5.41, 5.74) is 1.27. The van der Waals surface area contributed by atoms with Gasteiger partial charge in [0.1, 0.15) is 0 Å². The number of rotatable bonds is 8. The molecular weight excluding hydrogens is 374 g/mol. The third-order valence-corrected chi connectivity index (χ3v) is 7.01. The molecule has 0 bridgehead atoms. The number of benzene rings is 1. The molecule has 0 atom stereocenters. The van der Waals surface area contributed by atoms with Crippen molar-refractivity contribution in [1.82, 2.24) is 15.4 Å². The lowest BCUT2D eigenvalue weighted by molar-refractivity contribution is 0.316. The molecule has 156 valence electrons. The molecule has 2 aliphatic rings. The van der Waals surface area contributed by atoms with Gasteiger partial charge in [0.15, 0.2) is 5.96 Å². The normalized spacial score (nSPS) is 19.3. The quantitative estimate of drug-likeness (QED) is 0.450. The number of piperidine rings is 1. The van der Waals surface area contributed by atoms with Crippen LogP contribution in [0.3, 0.4) is 0 Å². The second-order valence-electron chi connectivity index (χ2n) is 7.70. The first kappa shape index (κ1) is 20.9. The van der Waals surface area contributed by atoms with E-state index < -0.39 is 10.0 Å². The second-order valence-corrected chi connectivity index (χ2v) is 9.63. The first-order valence-electron chi connectivity index (χ1n) is 10.3. The van der Waals surface area contributed by atoms with Crippen LogP contribution < -0.4 is 20.3 Å². The van der Waals surface area contributed by atoms with Crippen LogP contribution in [-0.4, -0.2) is 59.4 Å². The molecular formula is C20H33N5O2S. The van der Waals surface area contributed by atoms with Crippen molar-refractivity contribution in [2.45, 2.75) is 38.1 Å². The van der Waals surface area contributed by atoms with Crippen molar-refractivity contribution < 1.29 is 8.42 Å². The molecule has 8 heteroatoms. The van der Waals surface area contributed by atoms with Gasteiger partial charge in [-0.1, -0.05) is 24.6 Å². The van der Waals surface area contributed by atoms with Gasteiger partial charge in [-0.2, -0.15) is 0 Å². The van der Waals surface area contributed by atoms with Gasteiger partial charge in [-0.3, -0.25) is 4.99 Å². The molecule has 1 aliphatic carbocycles. The lowest BCUT2D eigenvalue weighted by Crippen LogP contribution is -2.49.